The second kappa shape index (κ2) is 3.71. The molecule has 1 aromatic rings. The van der Waals surface area contributed by atoms with Crippen molar-refractivity contribution in [3.05, 3.63) is 40.8 Å². The Morgan fingerprint density at radius 3 is 2.55 bits per heavy atom. The van der Waals surface area contributed by atoms with Crippen LogP contribution in [0.15, 0.2) is 35.7 Å². The molecule has 0 bridgehead atoms. The van der Waals surface area contributed by atoms with E-state index in [0.29, 0.717) is 0 Å². The van der Waals surface area contributed by atoms with E-state index in [0.717, 1.165) is 5.56 Å². The lowest BCUT2D eigenvalue weighted by Gasteiger charge is -2.05. The summed E-state index contributed by atoms with van der Waals surface area (Å²) in [4.78, 5) is 14.2. The normalized spacial score (nSPS) is 12.1. The Hall–Kier alpha value is -1.38. The van der Waals surface area contributed by atoms with E-state index in [1.54, 1.807) is 6.92 Å². The zero-order valence-corrected chi connectivity index (χ0v) is 6.23. The SMILES string of the molecule is C[C@@H](ON=O)c1ccccc1. The summed E-state index contributed by atoms with van der Waals surface area (Å²) in [6, 6.07) is 9.45. The maximum atomic E-state index is 9.72. The maximum Gasteiger partial charge on any atom is 0.155 e. The van der Waals surface area contributed by atoms with Crippen LogP contribution in [0.25, 0.3) is 0 Å². The minimum Gasteiger partial charge on any atom is -0.356 e. The zero-order chi connectivity index (χ0) is 8.10. The first-order valence-corrected chi connectivity index (χ1v) is 3.38. The molecule has 1 rings (SSSR count). The van der Waals surface area contributed by atoms with E-state index in [4.69, 9.17) is 0 Å². The van der Waals surface area contributed by atoms with E-state index in [1.165, 1.54) is 0 Å². The lowest BCUT2D eigenvalue weighted by Crippen LogP contribution is -1.93. The van der Waals surface area contributed by atoms with Gasteiger partial charge in [-0.05, 0) is 12.5 Å². The fourth-order valence-electron chi connectivity index (χ4n) is 0.849. The van der Waals surface area contributed by atoms with Crippen LogP contribution in [0, 0.1) is 4.91 Å². The molecule has 0 saturated heterocycles. The molecule has 0 saturated carbocycles. The molecule has 0 unspecified atom stereocenters. The third-order valence-electron chi connectivity index (χ3n) is 1.47. The second-order valence-corrected chi connectivity index (χ2v) is 2.23. The van der Waals surface area contributed by atoms with Gasteiger partial charge in [-0.25, -0.2) is 0 Å². The lowest BCUT2D eigenvalue weighted by molar-refractivity contribution is 0.0683. The van der Waals surface area contributed by atoms with Crippen molar-refractivity contribution in [3.8, 4) is 0 Å². The monoisotopic (exact) mass is 151 g/mol. The topological polar surface area (TPSA) is 38.7 Å². The summed E-state index contributed by atoms with van der Waals surface area (Å²) in [5.41, 5.74) is 0.951. The molecule has 58 valence electrons. The van der Waals surface area contributed by atoms with Crippen molar-refractivity contribution in [1.82, 2.24) is 0 Å². The third kappa shape index (κ3) is 2.04. The smallest absolute Gasteiger partial charge is 0.155 e. The minimum absolute atomic E-state index is 0.256. The highest BCUT2D eigenvalue weighted by atomic mass is 16.7. The summed E-state index contributed by atoms with van der Waals surface area (Å²) in [6.45, 7) is 1.77. The third-order valence-corrected chi connectivity index (χ3v) is 1.47. The maximum absolute atomic E-state index is 9.72. The van der Waals surface area contributed by atoms with Crippen LogP contribution in [0.5, 0.6) is 0 Å². The van der Waals surface area contributed by atoms with E-state index < -0.39 is 0 Å². The molecular weight excluding hydrogens is 142 g/mol. The molecule has 0 amide bonds. The minimum atomic E-state index is -0.256. The average molecular weight is 151 g/mol. The van der Waals surface area contributed by atoms with Crippen molar-refractivity contribution in [2.24, 2.45) is 5.34 Å². The fraction of sp³-hybridized carbons (Fsp3) is 0.250. The summed E-state index contributed by atoms with van der Waals surface area (Å²) in [7, 11) is 0. The molecule has 0 aliphatic rings. The Balaban J connectivity index is 2.68. The van der Waals surface area contributed by atoms with Crippen molar-refractivity contribution in [2.75, 3.05) is 0 Å². The summed E-state index contributed by atoms with van der Waals surface area (Å²) >= 11 is 0. The molecule has 0 aliphatic carbocycles. The van der Waals surface area contributed by atoms with Crippen LogP contribution in [0.1, 0.15) is 18.6 Å². The van der Waals surface area contributed by atoms with Crippen LogP contribution in [0.3, 0.4) is 0 Å². The van der Waals surface area contributed by atoms with Crippen LogP contribution in [0.2, 0.25) is 0 Å². The van der Waals surface area contributed by atoms with Gasteiger partial charge in [-0.15, -0.1) is 4.91 Å². The van der Waals surface area contributed by atoms with E-state index in [9.17, 15) is 4.91 Å². The molecule has 0 fully saturated rings. The second-order valence-electron chi connectivity index (χ2n) is 2.23. The molecule has 11 heavy (non-hydrogen) atoms. The molecule has 0 heterocycles. The van der Waals surface area contributed by atoms with Crippen LogP contribution < -0.4 is 0 Å². The summed E-state index contributed by atoms with van der Waals surface area (Å²) in [6.07, 6.45) is -0.256. The predicted molar refractivity (Wildman–Crippen MR) is 41.7 cm³/mol. The molecule has 3 nitrogen and oxygen atoms in total. The van der Waals surface area contributed by atoms with Crippen LogP contribution >= 0.6 is 0 Å². The number of rotatable bonds is 3. The molecule has 3 heteroatoms. The first-order chi connectivity index (χ1) is 5.34. The van der Waals surface area contributed by atoms with Gasteiger partial charge in [0.25, 0.3) is 0 Å². The largest absolute Gasteiger partial charge is 0.356 e. The zero-order valence-electron chi connectivity index (χ0n) is 6.23. The molecule has 0 aromatic heterocycles. The lowest BCUT2D eigenvalue weighted by atomic mass is 10.1. The Bertz CT molecular complexity index is 223. The highest BCUT2D eigenvalue weighted by Crippen LogP contribution is 2.15. The fourth-order valence-corrected chi connectivity index (χ4v) is 0.849. The molecule has 0 aliphatic heterocycles. The van der Waals surface area contributed by atoms with Gasteiger partial charge in [0.15, 0.2) is 11.4 Å². The Morgan fingerprint density at radius 1 is 1.36 bits per heavy atom. The number of nitrogens with zero attached hydrogens (tertiary/aromatic N) is 1. The summed E-state index contributed by atoms with van der Waals surface area (Å²) in [5.74, 6) is 0. The molecule has 1 aromatic carbocycles. The van der Waals surface area contributed by atoms with Crippen molar-refractivity contribution in [1.29, 1.82) is 0 Å². The van der Waals surface area contributed by atoms with Gasteiger partial charge in [-0.1, -0.05) is 30.3 Å². The van der Waals surface area contributed by atoms with E-state index in [1.807, 2.05) is 30.3 Å². The molecular formula is C8H9NO2. The number of hydrogen-bond donors (Lipinski definition) is 0. The van der Waals surface area contributed by atoms with Crippen molar-refractivity contribution in [3.63, 3.8) is 0 Å². The Labute approximate surface area is 64.9 Å². The van der Waals surface area contributed by atoms with Gasteiger partial charge in [0, 0.05) is 0 Å². The van der Waals surface area contributed by atoms with Gasteiger partial charge >= 0.3 is 0 Å². The molecule has 0 radical (unpaired) electrons. The Morgan fingerprint density at radius 2 is 2.00 bits per heavy atom. The number of benzene rings is 1. The first-order valence-electron chi connectivity index (χ1n) is 3.38. The molecule has 1 atom stereocenters. The van der Waals surface area contributed by atoms with Crippen molar-refractivity contribution >= 4 is 0 Å². The predicted octanol–water partition coefficient (Wildman–Crippen LogP) is 2.45. The molecule has 0 N–H and O–H groups in total. The van der Waals surface area contributed by atoms with E-state index in [2.05, 4.69) is 10.2 Å². The quantitative estimate of drug-likeness (QED) is 0.491. The summed E-state index contributed by atoms with van der Waals surface area (Å²) < 4.78 is 0. The van der Waals surface area contributed by atoms with E-state index >= 15 is 0 Å². The van der Waals surface area contributed by atoms with Gasteiger partial charge in [-0.2, -0.15) is 0 Å². The molecule has 0 spiro atoms. The van der Waals surface area contributed by atoms with Crippen LogP contribution in [-0.2, 0) is 4.84 Å². The van der Waals surface area contributed by atoms with Gasteiger partial charge in [0.2, 0.25) is 0 Å². The van der Waals surface area contributed by atoms with Gasteiger partial charge in [0.05, 0.1) is 0 Å². The standard InChI is InChI=1S/C8H9NO2/c1-7(11-9-10)8-5-3-2-4-6-8/h2-7H,1H3/t7-/m1/s1. The van der Waals surface area contributed by atoms with Crippen LogP contribution in [0.4, 0.5) is 0 Å². The van der Waals surface area contributed by atoms with Gasteiger partial charge in [-0.3, -0.25) is 0 Å². The van der Waals surface area contributed by atoms with Crippen LogP contribution in [-0.4, -0.2) is 0 Å². The van der Waals surface area contributed by atoms with Gasteiger partial charge < -0.3 is 4.84 Å². The highest BCUT2D eigenvalue weighted by Gasteiger charge is 2.03. The van der Waals surface area contributed by atoms with E-state index in [-0.39, 0.29) is 6.10 Å². The van der Waals surface area contributed by atoms with Gasteiger partial charge in [0.1, 0.15) is 0 Å². The first kappa shape index (κ1) is 7.72. The Kier molecular flexibility index (Phi) is 2.60. The highest BCUT2D eigenvalue weighted by molar-refractivity contribution is 5.16. The number of hydrogen-bond acceptors (Lipinski definition) is 3. The summed E-state index contributed by atoms with van der Waals surface area (Å²) in [5, 5.41) is 2.36. The van der Waals surface area contributed by atoms with Crippen molar-refractivity contribution < 1.29 is 4.84 Å². The average Bonchev–Trinajstić information content (AvgIpc) is 2.07. The van der Waals surface area contributed by atoms with Crippen molar-refractivity contribution in [2.45, 2.75) is 13.0 Å².